The highest BCUT2D eigenvalue weighted by atomic mass is 16.4. The van der Waals surface area contributed by atoms with E-state index >= 15 is 0 Å². The van der Waals surface area contributed by atoms with Crippen LogP contribution in [0.1, 0.15) is 45.4 Å². The Balaban J connectivity index is 1.72. The molecule has 2 aliphatic rings. The van der Waals surface area contributed by atoms with E-state index in [2.05, 4.69) is 17.6 Å². The lowest BCUT2D eigenvalue weighted by Gasteiger charge is -2.27. The molecule has 2 fully saturated rings. The number of urea groups is 1. The summed E-state index contributed by atoms with van der Waals surface area (Å²) in [5.41, 5.74) is 0. The summed E-state index contributed by atoms with van der Waals surface area (Å²) in [6.45, 7) is 2.13. The molecule has 4 unspecified atom stereocenters. The highest BCUT2D eigenvalue weighted by Gasteiger charge is 2.37. The van der Waals surface area contributed by atoms with Crippen LogP contribution in [0.5, 0.6) is 0 Å². The Kier molecular flexibility index (Phi) is 4.09. The van der Waals surface area contributed by atoms with Gasteiger partial charge in [-0.05, 0) is 31.6 Å². The minimum atomic E-state index is -0.741. The highest BCUT2D eigenvalue weighted by molar-refractivity contribution is 5.75. The highest BCUT2D eigenvalue weighted by Crippen LogP contribution is 2.33. The maximum Gasteiger partial charge on any atom is 0.315 e. The molecular weight excluding hydrogens is 232 g/mol. The van der Waals surface area contributed by atoms with Gasteiger partial charge < -0.3 is 15.7 Å². The van der Waals surface area contributed by atoms with Crippen molar-refractivity contribution in [1.82, 2.24) is 10.6 Å². The van der Waals surface area contributed by atoms with Gasteiger partial charge in [-0.3, -0.25) is 4.79 Å². The van der Waals surface area contributed by atoms with Gasteiger partial charge in [0, 0.05) is 12.1 Å². The molecule has 0 radical (unpaired) electrons. The van der Waals surface area contributed by atoms with Crippen LogP contribution >= 0.6 is 0 Å². The van der Waals surface area contributed by atoms with E-state index in [1.165, 1.54) is 0 Å². The maximum atomic E-state index is 11.7. The number of carboxylic acid groups (broad SMARTS) is 1. The van der Waals surface area contributed by atoms with Crippen molar-refractivity contribution >= 4 is 12.0 Å². The molecule has 0 heterocycles. The Morgan fingerprint density at radius 2 is 2.00 bits per heavy atom. The van der Waals surface area contributed by atoms with Gasteiger partial charge >= 0.3 is 12.0 Å². The fourth-order valence-corrected chi connectivity index (χ4v) is 2.82. The molecule has 5 nitrogen and oxygen atoms in total. The molecule has 2 rings (SSSR count). The Hall–Kier alpha value is -1.26. The fourth-order valence-electron chi connectivity index (χ4n) is 2.82. The number of rotatable bonds is 4. The van der Waals surface area contributed by atoms with Gasteiger partial charge in [0.15, 0.2) is 0 Å². The lowest BCUT2D eigenvalue weighted by molar-refractivity contribution is -0.143. The maximum absolute atomic E-state index is 11.7. The Morgan fingerprint density at radius 3 is 2.61 bits per heavy atom. The third-order valence-electron chi connectivity index (χ3n) is 4.12. The predicted octanol–water partition coefficient (Wildman–Crippen LogP) is 1.73. The molecule has 0 aromatic heterocycles. The lowest BCUT2D eigenvalue weighted by atomic mass is 9.86. The largest absolute Gasteiger partial charge is 0.481 e. The number of carboxylic acids is 1. The van der Waals surface area contributed by atoms with Gasteiger partial charge in [0.2, 0.25) is 0 Å². The number of carbonyl (C=O) groups is 2. The molecule has 0 spiro atoms. The average molecular weight is 254 g/mol. The first kappa shape index (κ1) is 13.2. The molecule has 0 bridgehead atoms. The van der Waals surface area contributed by atoms with Gasteiger partial charge in [-0.1, -0.05) is 19.8 Å². The van der Waals surface area contributed by atoms with Crippen molar-refractivity contribution < 1.29 is 14.7 Å². The first-order chi connectivity index (χ1) is 8.60. The zero-order chi connectivity index (χ0) is 13.1. The Morgan fingerprint density at radius 1 is 1.22 bits per heavy atom. The molecule has 2 amide bonds. The van der Waals surface area contributed by atoms with E-state index in [1.54, 1.807) is 0 Å². The standard InChI is InChI=1S/C13H22N2O3/c1-2-8-7-11(8)15-13(18)14-10-5-3-4-9(6-10)12(16)17/h8-11H,2-7H2,1H3,(H,16,17)(H2,14,15,18). The molecule has 5 heteroatoms. The number of aliphatic carboxylic acids is 1. The summed E-state index contributed by atoms with van der Waals surface area (Å²) in [4.78, 5) is 22.7. The van der Waals surface area contributed by atoms with Gasteiger partial charge in [0.05, 0.1) is 5.92 Å². The number of hydrogen-bond acceptors (Lipinski definition) is 2. The van der Waals surface area contributed by atoms with Crippen LogP contribution < -0.4 is 10.6 Å². The Labute approximate surface area is 107 Å². The third-order valence-corrected chi connectivity index (χ3v) is 4.12. The molecule has 0 aliphatic heterocycles. The first-order valence-electron chi connectivity index (χ1n) is 6.90. The lowest BCUT2D eigenvalue weighted by Crippen LogP contribution is -2.45. The van der Waals surface area contributed by atoms with Crippen molar-refractivity contribution in [1.29, 1.82) is 0 Å². The van der Waals surface area contributed by atoms with Crippen molar-refractivity contribution in [3.05, 3.63) is 0 Å². The van der Waals surface area contributed by atoms with Gasteiger partial charge in [-0.25, -0.2) is 4.79 Å². The number of nitrogens with one attached hydrogen (secondary N) is 2. The second-order valence-electron chi connectivity index (χ2n) is 5.53. The summed E-state index contributed by atoms with van der Waals surface area (Å²) in [5, 5.41) is 14.8. The summed E-state index contributed by atoms with van der Waals surface area (Å²) in [6, 6.07) is 0.208. The molecule has 2 saturated carbocycles. The van der Waals surface area contributed by atoms with E-state index in [-0.39, 0.29) is 18.0 Å². The average Bonchev–Trinajstić information content (AvgIpc) is 3.07. The second-order valence-corrected chi connectivity index (χ2v) is 5.53. The van der Waals surface area contributed by atoms with Gasteiger partial charge in [-0.2, -0.15) is 0 Å². The topological polar surface area (TPSA) is 78.4 Å². The van der Waals surface area contributed by atoms with Crippen LogP contribution in [0.4, 0.5) is 4.79 Å². The number of amides is 2. The summed E-state index contributed by atoms with van der Waals surface area (Å²) in [5.74, 6) is -0.405. The van der Waals surface area contributed by atoms with Crippen LogP contribution in [0, 0.1) is 11.8 Å². The summed E-state index contributed by atoms with van der Waals surface area (Å²) < 4.78 is 0. The van der Waals surface area contributed by atoms with E-state index in [4.69, 9.17) is 5.11 Å². The fraction of sp³-hybridized carbons (Fsp3) is 0.846. The second kappa shape index (κ2) is 5.59. The van der Waals surface area contributed by atoms with Crippen molar-refractivity contribution in [2.45, 2.75) is 57.5 Å². The number of carbonyl (C=O) groups excluding carboxylic acids is 1. The quantitative estimate of drug-likeness (QED) is 0.715. The SMILES string of the molecule is CCC1CC1NC(=O)NC1CCCC(C(=O)O)C1. The summed E-state index contributed by atoms with van der Waals surface area (Å²) in [7, 11) is 0. The van der Waals surface area contributed by atoms with Crippen LogP contribution in [0.25, 0.3) is 0 Å². The smallest absolute Gasteiger partial charge is 0.315 e. The van der Waals surface area contributed by atoms with Crippen molar-refractivity contribution in [2.24, 2.45) is 11.8 Å². The van der Waals surface area contributed by atoms with Crippen molar-refractivity contribution in [3.63, 3.8) is 0 Å². The monoisotopic (exact) mass is 254 g/mol. The molecule has 4 atom stereocenters. The molecule has 0 aromatic rings. The molecule has 18 heavy (non-hydrogen) atoms. The molecule has 2 aliphatic carbocycles. The van der Waals surface area contributed by atoms with Crippen molar-refractivity contribution in [3.8, 4) is 0 Å². The number of hydrogen-bond donors (Lipinski definition) is 3. The van der Waals surface area contributed by atoms with E-state index < -0.39 is 5.97 Å². The molecule has 3 N–H and O–H groups in total. The van der Waals surface area contributed by atoms with Crippen LogP contribution in [0.2, 0.25) is 0 Å². The first-order valence-corrected chi connectivity index (χ1v) is 6.90. The Bertz CT molecular complexity index is 332. The predicted molar refractivity (Wildman–Crippen MR) is 67.2 cm³/mol. The van der Waals surface area contributed by atoms with Crippen molar-refractivity contribution in [2.75, 3.05) is 0 Å². The minimum Gasteiger partial charge on any atom is -0.481 e. The molecular formula is C13H22N2O3. The van der Waals surface area contributed by atoms with Crippen LogP contribution in [-0.2, 0) is 4.79 Å². The minimum absolute atomic E-state index is 0.0127. The van der Waals surface area contributed by atoms with Gasteiger partial charge in [-0.15, -0.1) is 0 Å². The summed E-state index contributed by atoms with van der Waals surface area (Å²) >= 11 is 0. The van der Waals surface area contributed by atoms with Crippen LogP contribution in [-0.4, -0.2) is 29.2 Å². The van der Waals surface area contributed by atoms with E-state index in [0.29, 0.717) is 18.4 Å². The molecule has 0 saturated heterocycles. The molecule has 0 aromatic carbocycles. The normalized spacial score (nSPS) is 34.7. The van der Waals surface area contributed by atoms with Gasteiger partial charge in [0.1, 0.15) is 0 Å². The van der Waals surface area contributed by atoms with E-state index in [9.17, 15) is 9.59 Å². The zero-order valence-corrected chi connectivity index (χ0v) is 10.8. The molecule has 102 valence electrons. The van der Waals surface area contributed by atoms with E-state index in [1.807, 2.05) is 0 Å². The third kappa shape index (κ3) is 3.37. The van der Waals surface area contributed by atoms with Gasteiger partial charge in [0.25, 0.3) is 0 Å². The van der Waals surface area contributed by atoms with Crippen LogP contribution in [0.3, 0.4) is 0 Å². The zero-order valence-electron chi connectivity index (χ0n) is 10.8. The van der Waals surface area contributed by atoms with Crippen LogP contribution in [0.15, 0.2) is 0 Å². The van der Waals surface area contributed by atoms with E-state index in [0.717, 1.165) is 32.1 Å². The summed E-state index contributed by atoms with van der Waals surface area (Å²) in [6.07, 6.45) is 5.24.